The zero-order valence-corrected chi connectivity index (χ0v) is 26.4. The number of benzene rings is 8. The Labute approximate surface area is 280 Å². The lowest BCUT2D eigenvalue weighted by Gasteiger charge is -2.27. The predicted molar refractivity (Wildman–Crippen MR) is 204 cm³/mol. The molecule has 9 aromatic rings. The molecule has 9 rings (SSSR count). The number of rotatable bonds is 6. The Hall–Kier alpha value is -6.38. The number of aromatic nitrogens is 1. The maximum absolute atomic E-state index is 2.39. The molecule has 0 saturated heterocycles. The first-order valence-corrected chi connectivity index (χ1v) is 16.4. The molecule has 48 heavy (non-hydrogen) atoms. The van der Waals surface area contributed by atoms with E-state index in [4.69, 9.17) is 0 Å². The van der Waals surface area contributed by atoms with Gasteiger partial charge in [-0.05, 0) is 82.2 Å². The average Bonchev–Trinajstić information content (AvgIpc) is 3.50. The Morgan fingerprint density at radius 1 is 0.354 bits per heavy atom. The summed E-state index contributed by atoms with van der Waals surface area (Å²) in [5, 5.41) is 4.97. The zero-order valence-electron chi connectivity index (χ0n) is 26.4. The SMILES string of the molecule is c1ccc(N(c2ccc(-c3ccccc3-c3ccc4c5ccccc5n(-c5ccccc5)c4c3)cc2)c2cccc3ccccc23)cc1. The van der Waals surface area contributed by atoms with Crippen molar-refractivity contribution in [3.05, 3.63) is 194 Å². The second-order valence-corrected chi connectivity index (χ2v) is 12.2. The van der Waals surface area contributed by atoms with Gasteiger partial charge in [0.2, 0.25) is 0 Å². The van der Waals surface area contributed by atoms with Crippen LogP contribution in [-0.4, -0.2) is 4.57 Å². The lowest BCUT2D eigenvalue weighted by Crippen LogP contribution is -2.10. The van der Waals surface area contributed by atoms with Gasteiger partial charge in [-0.1, -0.05) is 140 Å². The number of anilines is 3. The van der Waals surface area contributed by atoms with Crippen molar-refractivity contribution in [3.8, 4) is 27.9 Å². The zero-order chi connectivity index (χ0) is 31.9. The number of nitrogens with zero attached hydrogens (tertiary/aromatic N) is 2. The molecule has 2 nitrogen and oxygen atoms in total. The van der Waals surface area contributed by atoms with Gasteiger partial charge in [-0.25, -0.2) is 0 Å². The third-order valence-corrected chi connectivity index (χ3v) is 9.38. The summed E-state index contributed by atoms with van der Waals surface area (Å²) in [6.45, 7) is 0. The molecule has 0 amide bonds. The summed E-state index contributed by atoms with van der Waals surface area (Å²) in [5.41, 5.74) is 11.8. The summed E-state index contributed by atoms with van der Waals surface area (Å²) in [7, 11) is 0. The molecule has 0 spiro atoms. The van der Waals surface area contributed by atoms with Crippen molar-refractivity contribution >= 4 is 49.6 Å². The number of hydrogen-bond donors (Lipinski definition) is 0. The van der Waals surface area contributed by atoms with Crippen molar-refractivity contribution in [1.82, 2.24) is 4.57 Å². The highest BCUT2D eigenvalue weighted by Crippen LogP contribution is 2.41. The standard InChI is InChI=1S/C46H32N2/c1-3-16-36(17-4-1)47(44-25-13-15-33-14-7-8-22-41(33)44)38-29-26-34(27-30-38)39-20-9-10-21-40(39)35-28-31-43-42-23-11-12-24-45(42)48(46(43)32-35)37-18-5-2-6-19-37/h1-32H. The first-order valence-electron chi connectivity index (χ1n) is 16.4. The molecule has 0 aliphatic rings. The summed E-state index contributed by atoms with van der Waals surface area (Å²) in [4.78, 5) is 2.36. The Bertz CT molecular complexity index is 2540. The third kappa shape index (κ3) is 4.74. The number of fused-ring (bicyclic) bond motifs is 4. The Morgan fingerprint density at radius 2 is 0.917 bits per heavy atom. The molecule has 0 N–H and O–H groups in total. The molecular formula is C46H32N2. The maximum atomic E-state index is 2.39. The van der Waals surface area contributed by atoms with E-state index in [1.165, 1.54) is 60.5 Å². The monoisotopic (exact) mass is 612 g/mol. The minimum Gasteiger partial charge on any atom is -0.310 e. The predicted octanol–water partition coefficient (Wildman–Crippen LogP) is 12.7. The van der Waals surface area contributed by atoms with Gasteiger partial charge in [-0.3, -0.25) is 0 Å². The van der Waals surface area contributed by atoms with Crippen LogP contribution in [0.2, 0.25) is 0 Å². The molecular weight excluding hydrogens is 581 g/mol. The highest BCUT2D eigenvalue weighted by atomic mass is 15.1. The van der Waals surface area contributed by atoms with Gasteiger partial charge in [0.05, 0.1) is 16.7 Å². The normalized spacial score (nSPS) is 11.3. The van der Waals surface area contributed by atoms with Crippen molar-refractivity contribution in [2.75, 3.05) is 4.90 Å². The van der Waals surface area contributed by atoms with E-state index in [2.05, 4.69) is 204 Å². The molecule has 0 bridgehead atoms. The first-order chi connectivity index (χ1) is 23.8. The third-order valence-electron chi connectivity index (χ3n) is 9.38. The lowest BCUT2D eigenvalue weighted by atomic mass is 9.93. The van der Waals surface area contributed by atoms with Crippen LogP contribution in [0.1, 0.15) is 0 Å². The molecule has 226 valence electrons. The van der Waals surface area contributed by atoms with Crippen LogP contribution < -0.4 is 4.90 Å². The fourth-order valence-corrected chi connectivity index (χ4v) is 7.18. The highest BCUT2D eigenvalue weighted by Gasteiger charge is 2.17. The minimum absolute atomic E-state index is 1.12. The molecule has 8 aromatic carbocycles. The van der Waals surface area contributed by atoms with Crippen molar-refractivity contribution in [2.45, 2.75) is 0 Å². The molecule has 0 unspecified atom stereocenters. The van der Waals surface area contributed by atoms with E-state index in [1.54, 1.807) is 0 Å². The molecule has 0 radical (unpaired) electrons. The fourth-order valence-electron chi connectivity index (χ4n) is 7.18. The summed E-state index contributed by atoms with van der Waals surface area (Å²) in [6.07, 6.45) is 0. The Morgan fingerprint density at radius 3 is 1.71 bits per heavy atom. The summed E-state index contributed by atoms with van der Waals surface area (Å²) in [6, 6.07) is 69.8. The number of hydrogen-bond acceptors (Lipinski definition) is 1. The van der Waals surface area contributed by atoms with Gasteiger partial charge in [0, 0.05) is 33.2 Å². The fraction of sp³-hybridized carbons (Fsp3) is 0. The molecule has 0 aliphatic carbocycles. The van der Waals surface area contributed by atoms with E-state index < -0.39 is 0 Å². The molecule has 0 fully saturated rings. The molecule has 0 atom stereocenters. The van der Waals surface area contributed by atoms with Gasteiger partial charge in [0.15, 0.2) is 0 Å². The van der Waals surface area contributed by atoms with Crippen LogP contribution in [-0.2, 0) is 0 Å². The molecule has 0 aliphatic heterocycles. The van der Waals surface area contributed by atoms with Gasteiger partial charge in [0.25, 0.3) is 0 Å². The van der Waals surface area contributed by atoms with Crippen molar-refractivity contribution < 1.29 is 0 Å². The van der Waals surface area contributed by atoms with E-state index in [0.717, 1.165) is 17.1 Å². The van der Waals surface area contributed by atoms with Crippen LogP contribution >= 0.6 is 0 Å². The lowest BCUT2D eigenvalue weighted by molar-refractivity contribution is 1.18. The second-order valence-electron chi connectivity index (χ2n) is 12.2. The Kier molecular flexibility index (Phi) is 6.84. The van der Waals surface area contributed by atoms with Gasteiger partial charge in [-0.2, -0.15) is 0 Å². The average molecular weight is 613 g/mol. The van der Waals surface area contributed by atoms with E-state index in [-0.39, 0.29) is 0 Å². The van der Waals surface area contributed by atoms with Gasteiger partial charge in [-0.15, -0.1) is 0 Å². The first kappa shape index (κ1) is 27.9. The van der Waals surface area contributed by atoms with Gasteiger partial charge >= 0.3 is 0 Å². The quantitative estimate of drug-likeness (QED) is 0.181. The van der Waals surface area contributed by atoms with Gasteiger partial charge in [0.1, 0.15) is 0 Å². The van der Waals surface area contributed by atoms with Crippen LogP contribution in [0.4, 0.5) is 17.1 Å². The van der Waals surface area contributed by atoms with Gasteiger partial charge < -0.3 is 9.47 Å². The van der Waals surface area contributed by atoms with Crippen molar-refractivity contribution in [3.63, 3.8) is 0 Å². The smallest absolute Gasteiger partial charge is 0.0547 e. The molecule has 2 heteroatoms. The van der Waals surface area contributed by atoms with Crippen LogP contribution in [0.5, 0.6) is 0 Å². The maximum Gasteiger partial charge on any atom is 0.0547 e. The molecule has 0 saturated carbocycles. The summed E-state index contributed by atoms with van der Waals surface area (Å²) >= 11 is 0. The molecule has 1 heterocycles. The van der Waals surface area contributed by atoms with E-state index >= 15 is 0 Å². The number of para-hydroxylation sites is 3. The van der Waals surface area contributed by atoms with E-state index in [0.29, 0.717) is 0 Å². The van der Waals surface area contributed by atoms with E-state index in [1.807, 2.05) is 0 Å². The van der Waals surface area contributed by atoms with Crippen LogP contribution in [0.3, 0.4) is 0 Å². The van der Waals surface area contributed by atoms with Crippen LogP contribution in [0, 0.1) is 0 Å². The largest absolute Gasteiger partial charge is 0.310 e. The second kappa shape index (κ2) is 11.8. The van der Waals surface area contributed by atoms with E-state index in [9.17, 15) is 0 Å². The summed E-state index contributed by atoms with van der Waals surface area (Å²) < 4.78 is 2.39. The van der Waals surface area contributed by atoms with Crippen molar-refractivity contribution in [1.29, 1.82) is 0 Å². The Balaban J connectivity index is 1.16. The van der Waals surface area contributed by atoms with Crippen LogP contribution in [0.25, 0.3) is 60.5 Å². The topological polar surface area (TPSA) is 8.17 Å². The highest BCUT2D eigenvalue weighted by molar-refractivity contribution is 6.10. The minimum atomic E-state index is 1.12. The van der Waals surface area contributed by atoms with Crippen LogP contribution in [0.15, 0.2) is 194 Å². The molecule has 1 aromatic heterocycles. The summed E-state index contributed by atoms with van der Waals surface area (Å²) in [5.74, 6) is 0. The van der Waals surface area contributed by atoms with Crippen molar-refractivity contribution in [2.24, 2.45) is 0 Å².